The lowest BCUT2D eigenvalue weighted by Crippen LogP contribution is -2.25. The molecule has 1 aromatic heterocycles. The Morgan fingerprint density at radius 3 is 3.00 bits per heavy atom. The average molecular weight is 297 g/mol. The molecule has 2 heterocycles. The maximum absolute atomic E-state index is 9.28. The number of hydrogen-bond donors (Lipinski definition) is 2. The van der Waals surface area contributed by atoms with Crippen LogP contribution in [0.15, 0.2) is 24.3 Å². The second kappa shape index (κ2) is 6.22. The van der Waals surface area contributed by atoms with E-state index in [-0.39, 0.29) is 6.61 Å². The van der Waals surface area contributed by atoms with Gasteiger partial charge in [0, 0.05) is 36.6 Å². The number of aryl methyl sites for hydroxylation is 1. The number of hydrogen-bond acceptors (Lipinski definition) is 4. The summed E-state index contributed by atoms with van der Waals surface area (Å²) < 4.78 is 5.78. The molecule has 114 valence electrons. The zero-order valence-corrected chi connectivity index (χ0v) is 12.6. The van der Waals surface area contributed by atoms with Crippen molar-refractivity contribution in [3.05, 3.63) is 52.3 Å². The fraction of sp³-hybridized carbons (Fsp3) is 0.353. The van der Waals surface area contributed by atoms with Crippen molar-refractivity contribution >= 4 is 0 Å². The molecule has 0 unspecified atom stereocenters. The summed E-state index contributed by atoms with van der Waals surface area (Å²) in [6.45, 7) is 4.92. The number of benzene rings is 1. The number of fused-ring (bicyclic) bond motifs is 1. The van der Waals surface area contributed by atoms with Crippen molar-refractivity contribution in [1.82, 2.24) is 9.88 Å². The van der Waals surface area contributed by atoms with E-state index in [0.29, 0.717) is 12.2 Å². The molecule has 22 heavy (non-hydrogen) atoms. The molecule has 0 atom stereocenters. The minimum absolute atomic E-state index is 0.0363. The largest absolute Gasteiger partial charge is 0.492 e. The van der Waals surface area contributed by atoms with E-state index in [1.807, 2.05) is 31.2 Å². The van der Waals surface area contributed by atoms with Crippen LogP contribution < -0.4 is 4.74 Å². The topological polar surface area (TPSA) is 72.3 Å². The van der Waals surface area contributed by atoms with Gasteiger partial charge in [0.25, 0.3) is 0 Å². The summed E-state index contributed by atoms with van der Waals surface area (Å²) >= 11 is 0. The molecule has 3 rings (SSSR count). The number of nitriles is 1. The third-order valence-corrected chi connectivity index (χ3v) is 3.95. The fourth-order valence-electron chi connectivity index (χ4n) is 2.80. The van der Waals surface area contributed by atoms with E-state index in [4.69, 9.17) is 10.00 Å². The first-order valence-electron chi connectivity index (χ1n) is 7.36. The van der Waals surface area contributed by atoms with Crippen molar-refractivity contribution in [2.75, 3.05) is 13.2 Å². The first-order chi connectivity index (χ1) is 10.7. The van der Waals surface area contributed by atoms with E-state index in [1.165, 1.54) is 0 Å². The van der Waals surface area contributed by atoms with Gasteiger partial charge in [-0.1, -0.05) is 6.07 Å². The Labute approximate surface area is 129 Å². The van der Waals surface area contributed by atoms with Crippen LogP contribution in [0.2, 0.25) is 0 Å². The first-order valence-corrected chi connectivity index (χ1v) is 7.36. The summed E-state index contributed by atoms with van der Waals surface area (Å²) in [6, 6.07) is 9.92. The maximum atomic E-state index is 9.28. The van der Waals surface area contributed by atoms with Gasteiger partial charge in [-0.15, -0.1) is 0 Å². The van der Waals surface area contributed by atoms with Crippen LogP contribution >= 0.6 is 0 Å². The minimum atomic E-state index is 0.0363. The van der Waals surface area contributed by atoms with Crippen LogP contribution in [0.5, 0.6) is 5.75 Å². The Bertz CT molecular complexity index is 715. The highest BCUT2D eigenvalue weighted by Gasteiger charge is 2.17. The highest BCUT2D eigenvalue weighted by Crippen LogP contribution is 2.25. The van der Waals surface area contributed by atoms with Crippen LogP contribution in [0, 0.1) is 18.3 Å². The molecule has 0 saturated heterocycles. The molecule has 0 spiro atoms. The summed E-state index contributed by atoms with van der Waals surface area (Å²) in [4.78, 5) is 5.54. The van der Waals surface area contributed by atoms with E-state index in [1.54, 1.807) is 0 Å². The standard InChI is InChI=1S/C17H19N3O2/c1-12-14(8-18)7-16(19-12)10-20-4-5-22-17-3-2-13(11-21)6-15(17)9-20/h2-3,6-7,19,21H,4-5,9-11H2,1H3. The summed E-state index contributed by atoms with van der Waals surface area (Å²) in [5.74, 6) is 0.889. The number of rotatable bonds is 3. The van der Waals surface area contributed by atoms with Gasteiger partial charge in [-0.05, 0) is 30.7 Å². The Kier molecular flexibility index (Phi) is 4.14. The van der Waals surface area contributed by atoms with Gasteiger partial charge < -0.3 is 14.8 Å². The van der Waals surface area contributed by atoms with Crippen molar-refractivity contribution in [2.45, 2.75) is 26.6 Å². The number of H-pyrrole nitrogens is 1. The van der Waals surface area contributed by atoms with Crippen LogP contribution in [0.1, 0.15) is 28.1 Å². The second-order valence-corrected chi connectivity index (χ2v) is 5.60. The van der Waals surface area contributed by atoms with Gasteiger partial charge in [-0.25, -0.2) is 0 Å². The van der Waals surface area contributed by atoms with Crippen LogP contribution in [0.4, 0.5) is 0 Å². The number of nitrogens with zero attached hydrogens (tertiary/aromatic N) is 2. The zero-order chi connectivity index (χ0) is 15.5. The number of aromatic nitrogens is 1. The van der Waals surface area contributed by atoms with Crippen molar-refractivity contribution in [2.24, 2.45) is 0 Å². The van der Waals surface area contributed by atoms with Crippen molar-refractivity contribution in [3.8, 4) is 11.8 Å². The van der Waals surface area contributed by atoms with Crippen LogP contribution in [-0.2, 0) is 19.7 Å². The van der Waals surface area contributed by atoms with E-state index >= 15 is 0 Å². The maximum Gasteiger partial charge on any atom is 0.123 e. The Morgan fingerprint density at radius 1 is 1.41 bits per heavy atom. The van der Waals surface area contributed by atoms with E-state index in [2.05, 4.69) is 16.0 Å². The molecule has 1 aliphatic rings. The monoisotopic (exact) mass is 297 g/mol. The molecular weight excluding hydrogens is 278 g/mol. The smallest absolute Gasteiger partial charge is 0.123 e. The molecule has 0 aliphatic carbocycles. The lowest BCUT2D eigenvalue weighted by molar-refractivity contribution is 0.218. The number of aliphatic hydroxyl groups excluding tert-OH is 1. The Hall–Kier alpha value is -2.29. The van der Waals surface area contributed by atoms with Gasteiger partial charge in [-0.3, -0.25) is 4.90 Å². The molecule has 5 nitrogen and oxygen atoms in total. The minimum Gasteiger partial charge on any atom is -0.492 e. The number of aromatic amines is 1. The lowest BCUT2D eigenvalue weighted by atomic mass is 10.1. The third kappa shape index (κ3) is 2.98. The van der Waals surface area contributed by atoms with Crippen molar-refractivity contribution in [3.63, 3.8) is 0 Å². The molecule has 1 aliphatic heterocycles. The number of aliphatic hydroxyl groups is 1. The molecular formula is C17H19N3O2. The molecule has 0 fully saturated rings. The van der Waals surface area contributed by atoms with Crippen LogP contribution in [0.25, 0.3) is 0 Å². The molecule has 5 heteroatoms. The van der Waals surface area contributed by atoms with Gasteiger partial charge in [0.05, 0.1) is 12.2 Å². The highest BCUT2D eigenvalue weighted by molar-refractivity contribution is 5.38. The summed E-state index contributed by atoms with van der Waals surface area (Å²) in [5, 5.41) is 18.3. The fourth-order valence-corrected chi connectivity index (χ4v) is 2.80. The van der Waals surface area contributed by atoms with Gasteiger partial charge in [-0.2, -0.15) is 5.26 Å². The van der Waals surface area contributed by atoms with Crippen LogP contribution in [0.3, 0.4) is 0 Å². The Morgan fingerprint density at radius 2 is 2.27 bits per heavy atom. The van der Waals surface area contributed by atoms with Gasteiger partial charge in [0.15, 0.2) is 0 Å². The van der Waals surface area contributed by atoms with Gasteiger partial charge in [0.1, 0.15) is 18.4 Å². The van der Waals surface area contributed by atoms with Crippen LogP contribution in [-0.4, -0.2) is 28.1 Å². The van der Waals surface area contributed by atoms with E-state index < -0.39 is 0 Å². The predicted octanol–water partition coefficient (Wildman–Crippen LogP) is 2.08. The lowest BCUT2D eigenvalue weighted by Gasteiger charge is -2.18. The van der Waals surface area contributed by atoms with Gasteiger partial charge in [0.2, 0.25) is 0 Å². The SMILES string of the molecule is Cc1[nH]c(CN2CCOc3ccc(CO)cc3C2)cc1C#N. The zero-order valence-electron chi connectivity index (χ0n) is 12.6. The number of ether oxygens (including phenoxy) is 1. The van der Waals surface area contributed by atoms with Crippen molar-refractivity contribution in [1.29, 1.82) is 5.26 Å². The molecule has 0 radical (unpaired) electrons. The van der Waals surface area contributed by atoms with Crippen molar-refractivity contribution < 1.29 is 9.84 Å². The quantitative estimate of drug-likeness (QED) is 0.910. The average Bonchev–Trinajstić information content (AvgIpc) is 2.75. The Balaban J connectivity index is 1.78. The predicted molar refractivity (Wildman–Crippen MR) is 82.2 cm³/mol. The molecule has 0 saturated carbocycles. The molecule has 2 N–H and O–H groups in total. The second-order valence-electron chi connectivity index (χ2n) is 5.60. The highest BCUT2D eigenvalue weighted by atomic mass is 16.5. The third-order valence-electron chi connectivity index (χ3n) is 3.95. The van der Waals surface area contributed by atoms with Gasteiger partial charge >= 0.3 is 0 Å². The summed E-state index contributed by atoms with van der Waals surface area (Å²) in [7, 11) is 0. The van der Waals surface area contributed by atoms with E-state index in [9.17, 15) is 5.11 Å². The first kappa shape index (κ1) is 14.6. The summed E-state index contributed by atoms with van der Waals surface area (Å²) in [5.41, 5.74) is 4.63. The molecule has 0 bridgehead atoms. The number of nitrogens with one attached hydrogen (secondary N) is 1. The molecule has 0 amide bonds. The van der Waals surface area contributed by atoms with E-state index in [0.717, 1.165) is 47.9 Å². The normalized spacial score (nSPS) is 14.8. The molecule has 2 aromatic rings. The summed E-state index contributed by atoms with van der Waals surface area (Å²) in [6.07, 6.45) is 0. The molecule has 1 aromatic carbocycles.